The Morgan fingerprint density at radius 1 is 1.00 bits per heavy atom. The molecule has 1 fully saturated rings. The van der Waals surface area contributed by atoms with Gasteiger partial charge in [-0.1, -0.05) is 15.9 Å². The summed E-state index contributed by atoms with van der Waals surface area (Å²) in [6.45, 7) is 0. The molecule has 0 aliphatic carbocycles. The van der Waals surface area contributed by atoms with Gasteiger partial charge in [-0.3, -0.25) is 14.5 Å². The third kappa shape index (κ3) is 1.57. The van der Waals surface area contributed by atoms with Crippen LogP contribution in [-0.2, 0) is 9.59 Å². The van der Waals surface area contributed by atoms with Crippen molar-refractivity contribution in [3.05, 3.63) is 28.7 Å². The molecule has 0 bridgehead atoms. The SMILES string of the molecule is O=C1CCC(=O)N1c1ccc(Br)cc1. The van der Waals surface area contributed by atoms with Crippen LogP contribution in [0.25, 0.3) is 0 Å². The number of halogens is 1. The minimum Gasteiger partial charge on any atom is -0.274 e. The predicted octanol–water partition coefficient (Wildman–Crippen LogP) is 2.10. The highest BCUT2D eigenvalue weighted by atomic mass is 79.9. The van der Waals surface area contributed by atoms with Gasteiger partial charge in [-0.05, 0) is 24.3 Å². The summed E-state index contributed by atoms with van der Waals surface area (Å²) in [5.41, 5.74) is 0.653. The average Bonchev–Trinajstić information content (AvgIpc) is 2.49. The minimum atomic E-state index is -0.114. The summed E-state index contributed by atoms with van der Waals surface area (Å²) in [6, 6.07) is 7.14. The minimum absolute atomic E-state index is 0.114. The third-order valence-corrected chi connectivity index (χ3v) is 2.67. The van der Waals surface area contributed by atoms with Gasteiger partial charge in [0, 0.05) is 17.3 Å². The van der Waals surface area contributed by atoms with Gasteiger partial charge in [0.05, 0.1) is 5.69 Å². The quantitative estimate of drug-likeness (QED) is 0.719. The Bertz CT molecular complexity index is 370. The van der Waals surface area contributed by atoms with Gasteiger partial charge in [0.15, 0.2) is 0 Å². The Hall–Kier alpha value is -1.16. The van der Waals surface area contributed by atoms with E-state index in [1.165, 1.54) is 4.90 Å². The molecule has 1 aliphatic rings. The number of benzene rings is 1. The molecule has 1 heterocycles. The molecule has 1 aromatic carbocycles. The molecule has 3 nitrogen and oxygen atoms in total. The molecule has 14 heavy (non-hydrogen) atoms. The summed E-state index contributed by atoms with van der Waals surface area (Å²) in [7, 11) is 0. The van der Waals surface area contributed by atoms with E-state index in [-0.39, 0.29) is 11.8 Å². The molecular formula is C10H8BrNO2. The van der Waals surface area contributed by atoms with E-state index in [9.17, 15) is 9.59 Å². The smallest absolute Gasteiger partial charge is 0.234 e. The van der Waals surface area contributed by atoms with Crippen molar-refractivity contribution < 1.29 is 9.59 Å². The largest absolute Gasteiger partial charge is 0.274 e. The maximum atomic E-state index is 11.4. The number of hydrogen-bond donors (Lipinski definition) is 0. The fourth-order valence-electron chi connectivity index (χ4n) is 1.45. The lowest BCUT2D eigenvalue weighted by molar-refractivity contribution is -0.121. The van der Waals surface area contributed by atoms with Crippen molar-refractivity contribution in [1.29, 1.82) is 0 Å². The molecule has 4 heteroatoms. The van der Waals surface area contributed by atoms with E-state index in [1.54, 1.807) is 12.1 Å². The molecule has 1 aliphatic heterocycles. The monoisotopic (exact) mass is 253 g/mol. The second-order valence-corrected chi connectivity index (χ2v) is 4.01. The van der Waals surface area contributed by atoms with Crippen LogP contribution in [0.4, 0.5) is 5.69 Å². The molecular weight excluding hydrogens is 246 g/mol. The molecule has 0 aromatic heterocycles. The standard InChI is InChI=1S/C10H8BrNO2/c11-7-1-3-8(4-2-7)12-9(13)5-6-10(12)14/h1-4H,5-6H2. The Kier molecular flexibility index (Phi) is 2.37. The fourth-order valence-corrected chi connectivity index (χ4v) is 1.72. The van der Waals surface area contributed by atoms with Gasteiger partial charge in [-0.2, -0.15) is 0 Å². The van der Waals surface area contributed by atoms with Crippen LogP contribution in [0.5, 0.6) is 0 Å². The lowest BCUT2D eigenvalue weighted by Crippen LogP contribution is -2.28. The topological polar surface area (TPSA) is 37.4 Å². The molecule has 0 unspecified atom stereocenters. The highest BCUT2D eigenvalue weighted by Crippen LogP contribution is 2.23. The number of anilines is 1. The van der Waals surface area contributed by atoms with Crippen LogP contribution in [0, 0.1) is 0 Å². The Balaban J connectivity index is 2.34. The van der Waals surface area contributed by atoms with Gasteiger partial charge in [0.2, 0.25) is 11.8 Å². The first-order valence-electron chi connectivity index (χ1n) is 4.30. The summed E-state index contributed by atoms with van der Waals surface area (Å²) in [6.07, 6.45) is 0.657. The normalized spacial score (nSPS) is 16.5. The second-order valence-electron chi connectivity index (χ2n) is 3.10. The van der Waals surface area contributed by atoms with Crippen molar-refractivity contribution in [1.82, 2.24) is 0 Å². The van der Waals surface area contributed by atoms with E-state index in [1.807, 2.05) is 12.1 Å². The van der Waals surface area contributed by atoms with Gasteiger partial charge in [-0.15, -0.1) is 0 Å². The van der Waals surface area contributed by atoms with E-state index in [2.05, 4.69) is 15.9 Å². The maximum Gasteiger partial charge on any atom is 0.234 e. The van der Waals surface area contributed by atoms with Gasteiger partial charge >= 0.3 is 0 Å². The van der Waals surface area contributed by atoms with E-state index < -0.39 is 0 Å². The molecule has 0 saturated carbocycles. The van der Waals surface area contributed by atoms with Gasteiger partial charge in [-0.25, -0.2) is 0 Å². The molecule has 0 atom stereocenters. The third-order valence-electron chi connectivity index (χ3n) is 2.14. The van der Waals surface area contributed by atoms with Gasteiger partial charge in [0.1, 0.15) is 0 Å². The zero-order chi connectivity index (χ0) is 10.1. The molecule has 1 aromatic rings. The molecule has 2 rings (SSSR count). The number of amides is 2. The van der Waals surface area contributed by atoms with Crippen LogP contribution >= 0.6 is 15.9 Å². The summed E-state index contributed by atoms with van der Waals surface area (Å²) in [5.74, 6) is -0.227. The molecule has 0 radical (unpaired) electrons. The maximum absolute atomic E-state index is 11.4. The van der Waals surface area contributed by atoms with Crippen LogP contribution in [0.3, 0.4) is 0 Å². The van der Waals surface area contributed by atoms with Crippen LogP contribution in [0.1, 0.15) is 12.8 Å². The Morgan fingerprint density at radius 3 is 2.00 bits per heavy atom. The van der Waals surface area contributed by atoms with Crippen LogP contribution in [0.15, 0.2) is 28.7 Å². The first-order chi connectivity index (χ1) is 6.68. The van der Waals surface area contributed by atoms with E-state index >= 15 is 0 Å². The van der Waals surface area contributed by atoms with Crippen molar-refractivity contribution in [3.8, 4) is 0 Å². The first-order valence-corrected chi connectivity index (χ1v) is 5.09. The van der Waals surface area contributed by atoms with E-state index in [4.69, 9.17) is 0 Å². The van der Waals surface area contributed by atoms with Crippen molar-refractivity contribution in [2.75, 3.05) is 4.90 Å². The Labute approximate surface area is 89.8 Å². The molecule has 0 N–H and O–H groups in total. The number of rotatable bonds is 1. The number of carbonyl (C=O) groups excluding carboxylic acids is 2. The summed E-state index contributed by atoms with van der Waals surface area (Å²) in [4.78, 5) is 24.0. The van der Waals surface area contributed by atoms with Crippen molar-refractivity contribution >= 4 is 33.4 Å². The molecule has 0 spiro atoms. The van der Waals surface area contributed by atoms with Crippen molar-refractivity contribution in [2.45, 2.75) is 12.8 Å². The van der Waals surface area contributed by atoms with E-state index in [0.29, 0.717) is 18.5 Å². The zero-order valence-corrected chi connectivity index (χ0v) is 8.95. The molecule has 72 valence electrons. The van der Waals surface area contributed by atoms with Gasteiger partial charge < -0.3 is 0 Å². The highest BCUT2D eigenvalue weighted by molar-refractivity contribution is 9.10. The zero-order valence-electron chi connectivity index (χ0n) is 7.37. The lowest BCUT2D eigenvalue weighted by Gasteiger charge is -2.13. The number of carbonyl (C=O) groups is 2. The molecule has 2 amide bonds. The Morgan fingerprint density at radius 2 is 1.50 bits per heavy atom. The summed E-state index contributed by atoms with van der Waals surface area (Å²) >= 11 is 3.30. The average molecular weight is 254 g/mol. The van der Waals surface area contributed by atoms with Crippen molar-refractivity contribution in [3.63, 3.8) is 0 Å². The fraction of sp³-hybridized carbons (Fsp3) is 0.200. The van der Waals surface area contributed by atoms with E-state index in [0.717, 1.165) is 4.47 Å². The number of nitrogens with zero attached hydrogens (tertiary/aromatic N) is 1. The molecule has 1 saturated heterocycles. The lowest BCUT2D eigenvalue weighted by atomic mass is 10.3. The first kappa shape index (κ1) is 9.40. The second kappa shape index (κ2) is 3.53. The summed E-state index contributed by atoms with van der Waals surface area (Å²) in [5, 5.41) is 0. The van der Waals surface area contributed by atoms with Crippen LogP contribution in [-0.4, -0.2) is 11.8 Å². The number of hydrogen-bond acceptors (Lipinski definition) is 2. The van der Waals surface area contributed by atoms with Crippen molar-refractivity contribution in [2.24, 2.45) is 0 Å². The number of imide groups is 1. The van der Waals surface area contributed by atoms with Crippen LogP contribution in [0.2, 0.25) is 0 Å². The highest BCUT2D eigenvalue weighted by Gasteiger charge is 2.29. The van der Waals surface area contributed by atoms with Crippen LogP contribution < -0.4 is 4.90 Å². The predicted molar refractivity (Wildman–Crippen MR) is 55.9 cm³/mol. The van der Waals surface area contributed by atoms with Gasteiger partial charge in [0.25, 0.3) is 0 Å². The summed E-state index contributed by atoms with van der Waals surface area (Å²) < 4.78 is 0.931.